The molecule has 1 saturated carbocycles. The summed E-state index contributed by atoms with van der Waals surface area (Å²) < 4.78 is 1.91. The van der Waals surface area contributed by atoms with Crippen LogP contribution in [0.3, 0.4) is 0 Å². The molecule has 0 bridgehead atoms. The lowest BCUT2D eigenvalue weighted by molar-refractivity contribution is 0.343. The molecule has 2 aromatic heterocycles. The van der Waals surface area contributed by atoms with Gasteiger partial charge in [-0.3, -0.25) is 4.57 Å². The van der Waals surface area contributed by atoms with E-state index in [-0.39, 0.29) is 0 Å². The molecule has 2 fully saturated rings. The Morgan fingerprint density at radius 3 is 2.40 bits per heavy atom. The minimum absolute atomic E-state index is 0.592. The Kier molecular flexibility index (Phi) is 5.53. The van der Waals surface area contributed by atoms with E-state index in [2.05, 4.69) is 54.6 Å². The monoisotopic (exact) mass is 423 g/mol. The maximum atomic E-state index is 5.89. The third-order valence-corrected chi connectivity index (χ3v) is 6.64. The number of halogens is 1. The number of nitrogens with one attached hydrogen (secondary N) is 1. The van der Waals surface area contributed by atoms with Crippen LogP contribution in [0.5, 0.6) is 0 Å². The third-order valence-electron chi connectivity index (χ3n) is 6.44. The molecule has 30 heavy (non-hydrogen) atoms. The largest absolute Gasteiger partial charge is 0.385 e. The predicted octanol–water partition coefficient (Wildman–Crippen LogP) is 4.07. The molecule has 8 heteroatoms. The van der Waals surface area contributed by atoms with E-state index < -0.39 is 0 Å². The van der Waals surface area contributed by atoms with E-state index in [4.69, 9.17) is 11.6 Å². The molecule has 0 radical (unpaired) electrons. The number of hydrogen-bond acceptors (Lipinski definition) is 6. The molecule has 2 aliphatic rings. The average Bonchev–Trinajstić information content (AvgIpc) is 3.34. The molecular weight excluding hydrogens is 398 g/mol. The molecule has 3 aromatic rings. The molecule has 2 atom stereocenters. The number of piperidine rings is 1. The van der Waals surface area contributed by atoms with Gasteiger partial charge in [-0.05, 0) is 67.7 Å². The van der Waals surface area contributed by atoms with Crippen LogP contribution in [-0.4, -0.2) is 44.4 Å². The summed E-state index contributed by atoms with van der Waals surface area (Å²) in [7, 11) is 0. The van der Waals surface area contributed by atoms with Crippen molar-refractivity contribution >= 4 is 23.2 Å². The van der Waals surface area contributed by atoms with Gasteiger partial charge >= 0.3 is 0 Å². The highest BCUT2D eigenvalue weighted by Crippen LogP contribution is 2.49. The van der Waals surface area contributed by atoms with Crippen LogP contribution in [0.4, 0.5) is 11.6 Å². The fraction of sp³-hybridized carbons (Fsp3) is 0.455. The van der Waals surface area contributed by atoms with Gasteiger partial charge in [0, 0.05) is 31.0 Å². The van der Waals surface area contributed by atoms with Gasteiger partial charge in [0.1, 0.15) is 12.7 Å². The van der Waals surface area contributed by atoms with Crippen molar-refractivity contribution in [3.05, 3.63) is 54.3 Å². The maximum absolute atomic E-state index is 5.89. The van der Waals surface area contributed by atoms with Gasteiger partial charge < -0.3 is 10.2 Å². The third kappa shape index (κ3) is 4.41. The van der Waals surface area contributed by atoms with Crippen molar-refractivity contribution in [2.45, 2.75) is 25.7 Å². The van der Waals surface area contributed by atoms with Crippen molar-refractivity contribution in [1.82, 2.24) is 24.7 Å². The molecule has 0 amide bonds. The van der Waals surface area contributed by atoms with E-state index in [1.54, 1.807) is 25.0 Å². The molecule has 1 aliphatic heterocycles. The molecule has 1 saturated heterocycles. The first-order valence-electron chi connectivity index (χ1n) is 10.7. The first-order valence-corrected chi connectivity index (χ1v) is 11.1. The minimum Gasteiger partial charge on any atom is -0.385 e. The van der Waals surface area contributed by atoms with E-state index in [0.29, 0.717) is 5.02 Å². The van der Waals surface area contributed by atoms with E-state index in [1.165, 1.54) is 31.4 Å². The Morgan fingerprint density at radius 2 is 1.70 bits per heavy atom. The van der Waals surface area contributed by atoms with E-state index in [1.807, 2.05) is 4.57 Å². The molecule has 2 unspecified atom stereocenters. The molecular formula is C22H26ClN7. The quantitative estimate of drug-likeness (QED) is 0.617. The van der Waals surface area contributed by atoms with Crippen LogP contribution in [0.2, 0.25) is 5.02 Å². The fourth-order valence-electron chi connectivity index (χ4n) is 4.66. The second-order valence-electron chi connectivity index (χ2n) is 8.32. The number of nitrogens with zero attached hydrogens (tertiary/aromatic N) is 6. The highest BCUT2D eigenvalue weighted by atomic mass is 35.5. The summed E-state index contributed by atoms with van der Waals surface area (Å²) in [6.45, 7) is 3.13. The zero-order valence-corrected chi connectivity index (χ0v) is 17.6. The summed E-state index contributed by atoms with van der Waals surface area (Å²) in [5, 5.41) is 11.9. The van der Waals surface area contributed by atoms with Crippen LogP contribution in [0.1, 0.15) is 25.7 Å². The second-order valence-corrected chi connectivity index (χ2v) is 8.75. The Labute approximate surface area is 181 Å². The summed E-state index contributed by atoms with van der Waals surface area (Å²) in [6.07, 6.45) is 11.9. The maximum Gasteiger partial charge on any atom is 0.225 e. The van der Waals surface area contributed by atoms with Gasteiger partial charge in [-0.2, -0.15) is 0 Å². The van der Waals surface area contributed by atoms with E-state index in [9.17, 15) is 0 Å². The van der Waals surface area contributed by atoms with Crippen LogP contribution >= 0.6 is 11.6 Å². The van der Waals surface area contributed by atoms with Crippen molar-refractivity contribution < 1.29 is 0 Å². The van der Waals surface area contributed by atoms with Gasteiger partial charge in [0.15, 0.2) is 0 Å². The molecule has 1 aromatic carbocycles. The topological polar surface area (TPSA) is 71.8 Å². The summed E-state index contributed by atoms with van der Waals surface area (Å²) in [5.74, 6) is 3.43. The Balaban J connectivity index is 1.03. The highest BCUT2D eigenvalue weighted by Gasteiger charge is 2.43. The van der Waals surface area contributed by atoms with Crippen LogP contribution < -0.4 is 10.2 Å². The first kappa shape index (κ1) is 19.3. The van der Waals surface area contributed by atoms with Crippen LogP contribution in [0.15, 0.2) is 49.3 Å². The summed E-state index contributed by atoms with van der Waals surface area (Å²) in [5.41, 5.74) is 2.24. The Hall–Kier alpha value is -2.67. The zero-order chi connectivity index (χ0) is 20.3. The molecule has 3 heterocycles. The van der Waals surface area contributed by atoms with Gasteiger partial charge in [0.2, 0.25) is 5.95 Å². The molecule has 156 valence electrons. The SMILES string of the molecule is Clc1cnc(N2CCC(C3CC3CCNc3ccc(-n4cnnc4)cc3)CC2)nc1. The van der Waals surface area contributed by atoms with Gasteiger partial charge in [-0.25, -0.2) is 9.97 Å². The highest BCUT2D eigenvalue weighted by molar-refractivity contribution is 6.30. The van der Waals surface area contributed by atoms with Crippen LogP contribution in [0, 0.1) is 17.8 Å². The van der Waals surface area contributed by atoms with Crippen LogP contribution in [0.25, 0.3) is 5.69 Å². The summed E-state index contributed by atoms with van der Waals surface area (Å²) in [4.78, 5) is 11.0. The second kappa shape index (κ2) is 8.60. The Bertz CT molecular complexity index is 935. The summed E-state index contributed by atoms with van der Waals surface area (Å²) >= 11 is 5.89. The zero-order valence-electron chi connectivity index (χ0n) is 16.9. The number of aromatic nitrogens is 5. The number of anilines is 2. The molecule has 7 nitrogen and oxygen atoms in total. The Morgan fingerprint density at radius 1 is 1.00 bits per heavy atom. The van der Waals surface area contributed by atoms with Gasteiger partial charge in [0.05, 0.1) is 17.4 Å². The lowest BCUT2D eigenvalue weighted by Crippen LogP contribution is -2.35. The van der Waals surface area contributed by atoms with E-state index in [0.717, 1.165) is 49.0 Å². The van der Waals surface area contributed by atoms with Crippen molar-refractivity contribution in [3.8, 4) is 5.69 Å². The van der Waals surface area contributed by atoms with Crippen molar-refractivity contribution in [2.24, 2.45) is 17.8 Å². The lowest BCUT2D eigenvalue weighted by Gasteiger charge is -2.32. The lowest BCUT2D eigenvalue weighted by atomic mass is 9.90. The minimum atomic E-state index is 0.592. The van der Waals surface area contributed by atoms with Crippen molar-refractivity contribution in [2.75, 3.05) is 29.9 Å². The van der Waals surface area contributed by atoms with Gasteiger partial charge in [-0.15, -0.1) is 10.2 Å². The normalized spacial score (nSPS) is 21.6. The molecule has 5 rings (SSSR count). The summed E-state index contributed by atoms with van der Waals surface area (Å²) in [6, 6.07) is 8.41. The van der Waals surface area contributed by atoms with Crippen LogP contribution in [-0.2, 0) is 0 Å². The van der Waals surface area contributed by atoms with Gasteiger partial charge in [-0.1, -0.05) is 11.6 Å². The molecule has 1 aliphatic carbocycles. The number of hydrogen-bond donors (Lipinski definition) is 1. The predicted molar refractivity (Wildman–Crippen MR) is 118 cm³/mol. The molecule has 0 spiro atoms. The smallest absolute Gasteiger partial charge is 0.225 e. The number of benzene rings is 1. The molecule has 1 N–H and O–H groups in total. The van der Waals surface area contributed by atoms with Crippen molar-refractivity contribution in [3.63, 3.8) is 0 Å². The number of rotatable bonds is 7. The average molecular weight is 424 g/mol. The van der Waals surface area contributed by atoms with E-state index >= 15 is 0 Å². The first-order chi connectivity index (χ1) is 14.8. The van der Waals surface area contributed by atoms with Crippen molar-refractivity contribution in [1.29, 1.82) is 0 Å². The standard InChI is InChI=1S/C22H26ClN7/c23-18-12-25-22(26-13-18)29-9-6-16(7-10-29)21-11-17(21)5-8-24-19-1-3-20(4-2-19)30-14-27-28-15-30/h1-4,12-17,21,24H,5-11H2. The van der Waals surface area contributed by atoms with Gasteiger partial charge in [0.25, 0.3) is 0 Å². The fourth-order valence-corrected chi connectivity index (χ4v) is 4.76.